The number of carbonyl (C=O) groups excluding carboxylic acids is 1. The number of non-ortho nitro benzene ring substituents is 1. The molecule has 18 heavy (non-hydrogen) atoms. The van der Waals surface area contributed by atoms with Gasteiger partial charge in [0.2, 0.25) is 5.91 Å². The zero-order valence-electron chi connectivity index (χ0n) is 10.1. The number of likely N-dealkylation sites (N-methyl/N-ethyl adjacent to an activating group) is 1. The Balaban J connectivity index is 2.73. The van der Waals surface area contributed by atoms with Gasteiger partial charge in [0, 0.05) is 25.3 Å². The van der Waals surface area contributed by atoms with Gasteiger partial charge in [-0.25, -0.2) is 4.39 Å². The van der Waals surface area contributed by atoms with Crippen LogP contribution >= 0.6 is 0 Å². The number of nitrogens with zero attached hydrogens (tertiary/aromatic N) is 2. The number of rotatable bonds is 5. The van der Waals surface area contributed by atoms with Crippen LogP contribution in [0.3, 0.4) is 0 Å². The first-order valence-corrected chi connectivity index (χ1v) is 5.37. The van der Waals surface area contributed by atoms with Gasteiger partial charge in [0.15, 0.2) is 0 Å². The molecule has 0 bridgehead atoms. The van der Waals surface area contributed by atoms with Crippen LogP contribution in [-0.4, -0.2) is 35.9 Å². The fraction of sp³-hybridized carbons (Fsp3) is 0.364. The smallest absolute Gasteiger partial charge is 0.274 e. The predicted octanol–water partition coefficient (Wildman–Crippen LogP) is 1.62. The Bertz CT molecular complexity index is 465. The third kappa shape index (κ3) is 3.69. The maximum absolute atomic E-state index is 13.1. The van der Waals surface area contributed by atoms with E-state index < -0.39 is 10.7 Å². The second kappa shape index (κ2) is 5.95. The highest BCUT2D eigenvalue weighted by Crippen LogP contribution is 2.19. The number of nitrogens with one attached hydrogen (secondary N) is 1. The van der Waals surface area contributed by atoms with E-state index in [1.807, 2.05) is 6.92 Å². The van der Waals surface area contributed by atoms with E-state index in [2.05, 4.69) is 5.32 Å². The maximum Gasteiger partial charge on any atom is 0.274 e. The van der Waals surface area contributed by atoms with Gasteiger partial charge < -0.3 is 10.2 Å². The Morgan fingerprint density at radius 2 is 2.17 bits per heavy atom. The third-order valence-corrected chi connectivity index (χ3v) is 2.44. The van der Waals surface area contributed by atoms with Gasteiger partial charge in [-0.2, -0.15) is 0 Å². The van der Waals surface area contributed by atoms with Crippen molar-refractivity contribution in [1.82, 2.24) is 4.90 Å². The molecule has 7 heteroatoms. The molecule has 1 aromatic rings. The quantitative estimate of drug-likeness (QED) is 0.640. The molecule has 0 aliphatic carbocycles. The SMILES string of the molecule is CCN(C)C(=O)CNc1cc(F)cc([N+](=O)[O-])c1. The van der Waals surface area contributed by atoms with Crippen LogP contribution in [0.1, 0.15) is 6.92 Å². The van der Waals surface area contributed by atoms with Crippen molar-refractivity contribution in [3.05, 3.63) is 34.1 Å². The number of hydrogen-bond acceptors (Lipinski definition) is 4. The number of nitro benzene ring substituents is 1. The average Bonchev–Trinajstić information content (AvgIpc) is 2.34. The van der Waals surface area contributed by atoms with Crippen LogP contribution < -0.4 is 5.32 Å². The first-order valence-electron chi connectivity index (χ1n) is 5.37. The monoisotopic (exact) mass is 255 g/mol. The van der Waals surface area contributed by atoms with Gasteiger partial charge in [0.1, 0.15) is 5.82 Å². The summed E-state index contributed by atoms with van der Waals surface area (Å²) in [5.41, 5.74) is -0.145. The third-order valence-electron chi connectivity index (χ3n) is 2.44. The highest BCUT2D eigenvalue weighted by atomic mass is 19.1. The van der Waals surface area contributed by atoms with Crippen molar-refractivity contribution >= 4 is 17.3 Å². The Labute approximate surface area is 104 Å². The predicted molar refractivity (Wildman–Crippen MR) is 64.9 cm³/mol. The standard InChI is InChI=1S/C11H14FN3O3/c1-3-14(2)11(16)7-13-9-4-8(12)5-10(6-9)15(17)18/h4-6,13H,3,7H2,1-2H3. The average molecular weight is 255 g/mol. The van der Waals surface area contributed by atoms with E-state index in [1.165, 1.54) is 11.0 Å². The Hall–Kier alpha value is -2.18. The molecule has 98 valence electrons. The normalized spacial score (nSPS) is 9.94. The number of hydrogen-bond donors (Lipinski definition) is 1. The van der Waals surface area contributed by atoms with Gasteiger partial charge in [0.05, 0.1) is 17.5 Å². The number of anilines is 1. The van der Waals surface area contributed by atoms with E-state index in [1.54, 1.807) is 7.05 Å². The highest BCUT2D eigenvalue weighted by Gasteiger charge is 2.11. The zero-order chi connectivity index (χ0) is 13.7. The fourth-order valence-electron chi connectivity index (χ4n) is 1.27. The maximum atomic E-state index is 13.1. The molecule has 1 rings (SSSR count). The number of benzene rings is 1. The Kier molecular flexibility index (Phi) is 4.59. The molecule has 1 N–H and O–H groups in total. The van der Waals surface area contributed by atoms with Crippen molar-refractivity contribution in [3.63, 3.8) is 0 Å². The summed E-state index contributed by atoms with van der Waals surface area (Å²) in [6.45, 7) is 2.35. The summed E-state index contributed by atoms with van der Waals surface area (Å²) < 4.78 is 13.1. The van der Waals surface area contributed by atoms with Crippen LogP contribution in [0.2, 0.25) is 0 Å². The topological polar surface area (TPSA) is 75.5 Å². The van der Waals surface area contributed by atoms with Crippen LogP contribution in [0, 0.1) is 15.9 Å². The number of halogens is 1. The first kappa shape index (κ1) is 13.9. The van der Waals surface area contributed by atoms with Gasteiger partial charge >= 0.3 is 0 Å². The molecule has 0 fully saturated rings. The summed E-state index contributed by atoms with van der Waals surface area (Å²) >= 11 is 0. The van der Waals surface area contributed by atoms with Crippen LogP contribution in [0.5, 0.6) is 0 Å². The van der Waals surface area contributed by atoms with Gasteiger partial charge in [0.25, 0.3) is 5.69 Å². The summed E-state index contributed by atoms with van der Waals surface area (Å²) in [5, 5.41) is 13.2. The van der Waals surface area contributed by atoms with Crippen LogP contribution in [0.25, 0.3) is 0 Å². The minimum absolute atomic E-state index is 0.0368. The molecule has 0 saturated heterocycles. The van der Waals surface area contributed by atoms with Crippen molar-refractivity contribution in [2.45, 2.75) is 6.92 Å². The Morgan fingerprint density at radius 3 is 2.72 bits per heavy atom. The van der Waals surface area contributed by atoms with E-state index in [0.29, 0.717) is 6.54 Å². The van der Waals surface area contributed by atoms with Gasteiger partial charge in [-0.05, 0) is 13.0 Å². The van der Waals surface area contributed by atoms with Crippen LogP contribution in [-0.2, 0) is 4.79 Å². The zero-order valence-corrected chi connectivity index (χ0v) is 10.1. The van der Waals surface area contributed by atoms with Crippen molar-refractivity contribution in [2.75, 3.05) is 25.5 Å². The summed E-state index contributed by atoms with van der Waals surface area (Å²) in [6, 6.07) is 3.11. The molecule has 0 aliphatic rings. The molecule has 6 nitrogen and oxygen atoms in total. The molecule has 1 amide bonds. The van der Waals surface area contributed by atoms with Crippen LogP contribution in [0.4, 0.5) is 15.8 Å². The van der Waals surface area contributed by atoms with E-state index in [-0.39, 0.29) is 23.8 Å². The van der Waals surface area contributed by atoms with Crippen molar-refractivity contribution in [3.8, 4) is 0 Å². The second-order valence-corrected chi connectivity index (χ2v) is 3.72. The molecule has 0 heterocycles. The van der Waals surface area contributed by atoms with Crippen LogP contribution in [0.15, 0.2) is 18.2 Å². The molecular weight excluding hydrogens is 241 g/mol. The van der Waals surface area contributed by atoms with E-state index >= 15 is 0 Å². The molecular formula is C11H14FN3O3. The Morgan fingerprint density at radius 1 is 1.50 bits per heavy atom. The number of carbonyl (C=O) groups is 1. The summed E-state index contributed by atoms with van der Waals surface area (Å²) in [4.78, 5) is 22.8. The summed E-state index contributed by atoms with van der Waals surface area (Å²) in [6.07, 6.45) is 0. The van der Waals surface area contributed by atoms with Crippen molar-refractivity contribution in [1.29, 1.82) is 0 Å². The molecule has 0 aromatic heterocycles. The molecule has 1 aromatic carbocycles. The molecule has 0 saturated carbocycles. The van der Waals surface area contributed by atoms with Gasteiger partial charge in [-0.15, -0.1) is 0 Å². The lowest BCUT2D eigenvalue weighted by Gasteiger charge is -2.15. The molecule has 0 unspecified atom stereocenters. The van der Waals surface area contributed by atoms with Crippen molar-refractivity contribution < 1.29 is 14.1 Å². The summed E-state index contributed by atoms with van der Waals surface area (Å²) in [7, 11) is 1.64. The van der Waals surface area contributed by atoms with E-state index in [4.69, 9.17) is 0 Å². The fourth-order valence-corrected chi connectivity index (χ4v) is 1.27. The lowest BCUT2D eigenvalue weighted by atomic mass is 10.2. The highest BCUT2D eigenvalue weighted by molar-refractivity contribution is 5.80. The first-order chi connectivity index (χ1) is 8.43. The molecule has 0 spiro atoms. The lowest BCUT2D eigenvalue weighted by molar-refractivity contribution is -0.385. The van der Waals surface area contributed by atoms with Gasteiger partial charge in [-0.3, -0.25) is 14.9 Å². The molecule has 0 aliphatic heterocycles. The number of amides is 1. The summed E-state index contributed by atoms with van der Waals surface area (Å²) in [5.74, 6) is -0.896. The minimum atomic E-state index is -0.719. The molecule has 0 radical (unpaired) electrons. The largest absolute Gasteiger partial charge is 0.376 e. The van der Waals surface area contributed by atoms with Crippen molar-refractivity contribution in [2.24, 2.45) is 0 Å². The minimum Gasteiger partial charge on any atom is -0.376 e. The van der Waals surface area contributed by atoms with E-state index in [0.717, 1.165) is 12.1 Å². The van der Waals surface area contributed by atoms with E-state index in [9.17, 15) is 19.3 Å². The van der Waals surface area contributed by atoms with Gasteiger partial charge in [-0.1, -0.05) is 0 Å². The lowest BCUT2D eigenvalue weighted by Crippen LogP contribution is -2.31. The number of nitro groups is 1. The molecule has 0 atom stereocenters. The second-order valence-electron chi connectivity index (χ2n) is 3.72.